The van der Waals surface area contributed by atoms with Crippen molar-refractivity contribution < 1.29 is 9.53 Å². The van der Waals surface area contributed by atoms with Gasteiger partial charge in [0.05, 0.1) is 12.6 Å². The first-order valence-electron chi connectivity index (χ1n) is 5.42. The maximum absolute atomic E-state index is 12.2. The molecule has 4 heteroatoms. The van der Waals surface area contributed by atoms with Gasteiger partial charge in [0.2, 0.25) is 5.91 Å². The van der Waals surface area contributed by atoms with E-state index in [4.69, 9.17) is 11.2 Å². The van der Waals surface area contributed by atoms with Crippen LogP contribution in [-0.4, -0.2) is 37.1 Å². The molecule has 1 saturated heterocycles. The first-order chi connectivity index (χ1) is 7.70. The van der Waals surface area contributed by atoms with Crippen LogP contribution in [0.5, 0.6) is 0 Å². The van der Waals surface area contributed by atoms with Crippen LogP contribution in [0.4, 0.5) is 0 Å². The second kappa shape index (κ2) is 5.53. The normalized spacial score (nSPS) is 18.2. The molecule has 1 aliphatic heterocycles. The van der Waals surface area contributed by atoms with Gasteiger partial charge in [0.1, 0.15) is 5.41 Å². The number of terminal acetylenes is 1. The van der Waals surface area contributed by atoms with Crippen molar-refractivity contribution in [2.75, 3.05) is 26.3 Å². The van der Waals surface area contributed by atoms with Crippen LogP contribution in [0, 0.1) is 29.1 Å². The van der Waals surface area contributed by atoms with Gasteiger partial charge < -0.3 is 9.64 Å². The Labute approximate surface area is 96.2 Å². The summed E-state index contributed by atoms with van der Waals surface area (Å²) < 4.78 is 5.19. The SMILES string of the molecule is C#CCN(CC)C(=O)C1(C#N)CCOCC1. The second-order valence-electron chi connectivity index (χ2n) is 3.83. The van der Waals surface area contributed by atoms with Crippen LogP contribution >= 0.6 is 0 Å². The van der Waals surface area contributed by atoms with Crippen molar-refractivity contribution in [1.82, 2.24) is 4.90 Å². The van der Waals surface area contributed by atoms with Crippen LogP contribution in [0.3, 0.4) is 0 Å². The summed E-state index contributed by atoms with van der Waals surface area (Å²) in [6.45, 7) is 3.59. The predicted molar refractivity (Wildman–Crippen MR) is 59.2 cm³/mol. The molecule has 0 aromatic heterocycles. The first kappa shape index (κ1) is 12.5. The Hall–Kier alpha value is -1.52. The van der Waals surface area contributed by atoms with Crippen LogP contribution in [0.1, 0.15) is 19.8 Å². The van der Waals surface area contributed by atoms with E-state index in [0.29, 0.717) is 32.6 Å². The van der Waals surface area contributed by atoms with Gasteiger partial charge >= 0.3 is 0 Å². The van der Waals surface area contributed by atoms with E-state index in [-0.39, 0.29) is 12.5 Å². The molecule has 0 aromatic rings. The van der Waals surface area contributed by atoms with Crippen molar-refractivity contribution in [3.8, 4) is 18.4 Å². The molecule has 0 atom stereocenters. The minimum Gasteiger partial charge on any atom is -0.381 e. The van der Waals surface area contributed by atoms with Gasteiger partial charge in [-0.15, -0.1) is 6.42 Å². The van der Waals surface area contributed by atoms with Gasteiger partial charge in [-0.1, -0.05) is 5.92 Å². The highest BCUT2D eigenvalue weighted by Crippen LogP contribution is 2.31. The zero-order chi connectivity index (χ0) is 12.0. The molecule has 1 rings (SSSR count). The number of nitriles is 1. The molecular formula is C12H16N2O2. The zero-order valence-corrected chi connectivity index (χ0v) is 9.53. The van der Waals surface area contributed by atoms with E-state index < -0.39 is 5.41 Å². The smallest absolute Gasteiger partial charge is 0.244 e. The topological polar surface area (TPSA) is 53.3 Å². The molecule has 0 aromatic carbocycles. The van der Waals surface area contributed by atoms with E-state index in [1.165, 1.54) is 0 Å². The molecule has 0 saturated carbocycles. The Bertz CT molecular complexity index is 332. The van der Waals surface area contributed by atoms with Gasteiger partial charge in [-0.3, -0.25) is 4.79 Å². The lowest BCUT2D eigenvalue weighted by Crippen LogP contribution is -2.46. The number of nitrogens with zero attached hydrogens (tertiary/aromatic N) is 2. The summed E-state index contributed by atoms with van der Waals surface area (Å²) >= 11 is 0. The zero-order valence-electron chi connectivity index (χ0n) is 9.53. The highest BCUT2D eigenvalue weighted by Gasteiger charge is 2.42. The average Bonchev–Trinajstić information content (AvgIpc) is 2.36. The largest absolute Gasteiger partial charge is 0.381 e. The predicted octanol–water partition coefficient (Wildman–Crippen LogP) is 0.788. The molecule has 16 heavy (non-hydrogen) atoms. The minimum atomic E-state index is -0.925. The van der Waals surface area contributed by atoms with E-state index in [1.807, 2.05) is 6.92 Å². The number of carbonyl (C=O) groups is 1. The van der Waals surface area contributed by atoms with Gasteiger partial charge in [0.25, 0.3) is 0 Å². The van der Waals surface area contributed by atoms with E-state index in [0.717, 1.165) is 0 Å². The summed E-state index contributed by atoms with van der Waals surface area (Å²) in [5, 5.41) is 9.22. The Kier molecular flexibility index (Phi) is 4.34. The van der Waals surface area contributed by atoms with E-state index in [1.54, 1.807) is 4.90 Å². The maximum Gasteiger partial charge on any atom is 0.244 e. The fourth-order valence-electron chi connectivity index (χ4n) is 1.83. The highest BCUT2D eigenvalue weighted by atomic mass is 16.5. The van der Waals surface area contributed by atoms with Gasteiger partial charge in [-0.2, -0.15) is 5.26 Å². The van der Waals surface area contributed by atoms with E-state index in [2.05, 4.69) is 12.0 Å². The average molecular weight is 220 g/mol. The van der Waals surface area contributed by atoms with Crippen molar-refractivity contribution in [3.63, 3.8) is 0 Å². The molecule has 1 amide bonds. The van der Waals surface area contributed by atoms with E-state index in [9.17, 15) is 10.1 Å². The third-order valence-electron chi connectivity index (χ3n) is 2.92. The number of rotatable bonds is 3. The highest BCUT2D eigenvalue weighted by molar-refractivity contribution is 5.85. The van der Waals surface area contributed by atoms with Crippen molar-refractivity contribution in [2.24, 2.45) is 5.41 Å². The summed E-state index contributed by atoms with van der Waals surface area (Å²) in [6.07, 6.45) is 6.13. The maximum atomic E-state index is 12.2. The molecular weight excluding hydrogens is 204 g/mol. The quantitative estimate of drug-likeness (QED) is 0.661. The Morgan fingerprint density at radius 1 is 1.56 bits per heavy atom. The summed E-state index contributed by atoms with van der Waals surface area (Å²) in [7, 11) is 0. The molecule has 86 valence electrons. The first-order valence-corrected chi connectivity index (χ1v) is 5.42. The second-order valence-corrected chi connectivity index (χ2v) is 3.83. The van der Waals surface area contributed by atoms with Crippen molar-refractivity contribution in [1.29, 1.82) is 5.26 Å². The Morgan fingerprint density at radius 2 is 2.19 bits per heavy atom. The third-order valence-corrected chi connectivity index (χ3v) is 2.92. The van der Waals surface area contributed by atoms with Crippen molar-refractivity contribution in [2.45, 2.75) is 19.8 Å². The summed E-state index contributed by atoms with van der Waals surface area (Å²) in [5.41, 5.74) is -0.925. The van der Waals surface area contributed by atoms with Crippen LogP contribution in [0.2, 0.25) is 0 Å². The number of carbonyl (C=O) groups excluding carboxylic acids is 1. The molecule has 0 spiro atoms. The molecule has 1 heterocycles. The molecule has 0 radical (unpaired) electrons. The minimum absolute atomic E-state index is 0.154. The summed E-state index contributed by atoms with van der Waals surface area (Å²) in [5.74, 6) is 2.29. The number of hydrogen-bond acceptors (Lipinski definition) is 3. The van der Waals surface area contributed by atoms with Gasteiger partial charge in [0.15, 0.2) is 0 Å². The molecule has 1 fully saturated rings. The molecule has 4 nitrogen and oxygen atoms in total. The van der Waals surface area contributed by atoms with Crippen LogP contribution in [0.15, 0.2) is 0 Å². The number of ether oxygens (including phenoxy) is 1. The van der Waals surface area contributed by atoms with Crippen molar-refractivity contribution in [3.05, 3.63) is 0 Å². The van der Waals surface area contributed by atoms with Crippen molar-refractivity contribution >= 4 is 5.91 Å². The summed E-state index contributed by atoms with van der Waals surface area (Å²) in [4.78, 5) is 13.8. The standard InChI is InChI=1S/C12H16N2O2/c1-3-7-14(4-2)11(15)12(10-13)5-8-16-9-6-12/h1H,4-9H2,2H3. The van der Waals surface area contributed by atoms with Gasteiger partial charge in [0, 0.05) is 19.8 Å². The molecule has 0 unspecified atom stereocenters. The molecule has 0 bridgehead atoms. The third kappa shape index (κ3) is 2.35. The lowest BCUT2D eigenvalue weighted by Gasteiger charge is -2.33. The Balaban J connectivity index is 2.83. The van der Waals surface area contributed by atoms with Crippen LogP contribution < -0.4 is 0 Å². The van der Waals surface area contributed by atoms with E-state index >= 15 is 0 Å². The lowest BCUT2D eigenvalue weighted by atomic mass is 9.80. The van der Waals surface area contributed by atoms with Gasteiger partial charge in [-0.05, 0) is 19.8 Å². The molecule has 0 aliphatic carbocycles. The van der Waals surface area contributed by atoms with Crippen LogP contribution in [0.25, 0.3) is 0 Å². The van der Waals surface area contributed by atoms with Crippen LogP contribution in [-0.2, 0) is 9.53 Å². The fraction of sp³-hybridized carbons (Fsp3) is 0.667. The lowest BCUT2D eigenvalue weighted by molar-refractivity contribution is -0.142. The number of hydrogen-bond donors (Lipinski definition) is 0. The molecule has 1 aliphatic rings. The van der Waals surface area contributed by atoms with Gasteiger partial charge in [-0.25, -0.2) is 0 Å². The fourth-order valence-corrected chi connectivity index (χ4v) is 1.83. The monoisotopic (exact) mass is 220 g/mol. The summed E-state index contributed by atoms with van der Waals surface area (Å²) in [6, 6.07) is 2.15. The molecule has 0 N–H and O–H groups in total. The number of amides is 1. The Morgan fingerprint density at radius 3 is 2.62 bits per heavy atom.